The van der Waals surface area contributed by atoms with Crippen LogP contribution in [0.25, 0.3) is 5.69 Å². The van der Waals surface area contributed by atoms with Crippen LogP contribution in [-0.2, 0) is 10.5 Å². The number of morpholine rings is 1. The van der Waals surface area contributed by atoms with Crippen LogP contribution in [0, 0.1) is 6.92 Å². The van der Waals surface area contributed by atoms with Gasteiger partial charge >= 0.3 is 0 Å². The van der Waals surface area contributed by atoms with Crippen LogP contribution in [0.5, 0.6) is 5.75 Å². The second kappa shape index (κ2) is 9.33. The number of ether oxygens (including phenoxy) is 2. The third-order valence-electron chi connectivity index (χ3n) is 4.83. The maximum Gasteiger partial charge on any atom is 0.232 e. The average Bonchev–Trinajstić information content (AvgIpc) is 3.18. The van der Waals surface area contributed by atoms with Crippen molar-refractivity contribution in [3.05, 3.63) is 59.7 Å². The molecule has 0 N–H and O–H groups in total. The third-order valence-corrected chi connectivity index (χ3v) is 5.81. The fraction of sp³-hybridized carbons (Fsp3) is 0.364. The maximum absolute atomic E-state index is 5.78. The summed E-state index contributed by atoms with van der Waals surface area (Å²) in [5, 5.41) is 9.95. The van der Waals surface area contributed by atoms with Crippen molar-refractivity contribution in [3.8, 4) is 11.4 Å². The lowest BCUT2D eigenvalue weighted by atomic mass is 10.2. The summed E-state index contributed by atoms with van der Waals surface area (Å²) in [7, 11) is 0. The summed E-state index contributed by atoms with van der Waals surface area (Å²) < 4.78 is 13.4. The molecule has 0 unspecified atom stereocenters. The summed E-state index contributed by atoms with van der Waals surface area (Å²) in [6.45, 7) is 7.83. The Morgan fingerprint density at radius 2 is 1.79 bits per heavy atom. The van der Waals surface area contributed by atoms with E-state index in [2.05, 4.69) is 56.9 Å². The van der Waals surface area contributed by atoms with Crippen LogP contribution in [0.1, 0.15) is 18.1 Å². The third kappa shape index (κ3) is 4.57. The highest BCUT2D eigenvalue weighted by molar-refractivity contribution is 7.98. The van der Waals surface area contributed by atoms with Crippen molar-refractivity contribution in [1.82, 2.24) is 14.8 Å². The molecule has 0 amide bonds. The molecule has 7 heteroatoms. The van der Waals surface area contributed by atoms with Gasteiger partial charge < -0.3 is 14.4 Å². The first-order valence-corrected chi connectivity index (χ1v) is 10.9. The molecule has 2 aromatic carbocycles. The Bertz CT molecular complexity index is 936. The summed E-state index contributed by atoms with van der Waals surface area (Å²) in [5.41, 5.74) is 3.46. The smallest absolute Gasteiger partial charge is 0.232 e. The molecule has 29 heavy (non-hydrogen) atoms. The van der Waals surface area contributed by atoms with Crippen LogP contribution in [0.15, 0.2) is 53.7 Å². The summed E-state index contributed by atoms with van der Waals surface area (Å²) in [6.07, 6.45) is 0. The molecule has 3 aromatic rings. The minimum Gasteiger partial charge on any atom is -0.494 e. The number of aryl methyl sites for hydroxylation is 1. The molecule has 0 bridgehead atoms. The molecule has 1 fully saturated rings. The lowest BCUT2D eigenvalue weighted by Crippen LogP contribution is -2.37. The number of thioether (sulfide) groups is 1. The van der Waals surface area contributed by atoms with Crippen LogP contribution < -0.4 is 9.64 Å². The Balaban J connectivity index is 1.64. The van der Waals surface area contributed by atoms with E-state index >= 15 is 0 Å². The average molecular weight is 411 g/mol. The molecule has 0 radical (unpaired) electrons. The standard InChI is InChI=1S/C22H26N4O2S/c1-3-28-20-7-5-4-6-18(20)16-29-22-24-23-21(25-12-14-27-15-13-25)26(22)19-10-8-17(2)9-11-19/h4-11H,3,12-16H2,1-2H3. The maximum atomic E-state index is 5.78. The van der Waals surface area contributed by atoms with Crippen molar-refractivity contribution in [2.75, 3.05) is 37.8 Å². The van der Waals surface area contributed by atoms with Crippen LogP contribution in [-0.4, -0.2) is 47.7 Å². The van der Waals surface area contributed by atoms with Crippen molar-refractivity contribution in [2.45, 2.75) is 24.8 Å². The Morgan fingerprint density at radius 1 is 1.03 bits per heavy atom. The SMILES string of the molecule is CCOc1ccccc1CSc1nnc(N2CCOCC2)n1-c1ccc(C)cc1. The quantitative estimate of drug-likeness (QED) is 0.547. The highest BCUT2D eigenvalue weighted by atomic mass is 32.2. The van der Waals surface area contributed by atoms with Gasteiger partial charge in [0, 0.05) is 24.4 Å². The zero-order chi connectivity index (χ0) is 20.1. The van der Waals surface area contributed by atoms with Gasteiger partial charge in [0.25, 0.3) is 0 Å². The normalized spacial score (nSPS) is 14.2. The first kappa shape index (κ1) is 19.8. The minimum atomic E-state index is 0.655. The fourth-order valence-corrected chi connectivity index (χ4v) is 4.24. The van der Waals surface area contributed by atoms with Crippen molar-refractivity contribution in [3.63, 3.8) is 0 Å². The molecule has 1 aliphatic heterocycles. The Labute approximate surface area is 175 Å². The van der Waals surface area contributed by atoms with Crippen LogP contribution >= 0.6 is 11.8 Å². The zero-order valence-corrected chi connectivity index (χ0v) is 17.7. The molecule has 152 valence electrons. The van der Waals surface area contributed by atoms with Gasteiger partial charge in [-0.15, -0.1) is 10.2 Å². The molecule has 0 atom stereocenters. The molecular weight excluding hydrogens is 384 g/mol. The first-order valence-electron chi connectivity index (χ1n) is 9.95. The van der Waals surface area contributed by atoms with Gasteiger partial charge in [0.2, 0.25) is 5.95 Å². The summed E-state index contributed by atoms with van der Waals surface area (Å²) in [6, 6.07) is 16.7. The van der Waals surface area contributed by atoms with Crippen LogP contribution in [0.3, 0.4) is 0 Å². The Hall–Kier alpha value is -2.51. The fourth-order valence-electron chi connectivity index (χ4n) is 3.31. The highest BCUT2D eigenvalue weighted by Gasteiger charge is 2.22. The van der Waals surface area contributed by atoms with Crippen LogP contribution in [0.4, 0.5) is 5.95 Å². The Morgan fingerprint density at radius 3 is 2.55 bits per heavy atom. The largest absolute Gasteiger partial charge is 0.494 e. The van der Waals surface area contributed by atoms with Gasteiger partial charge in [-0.3, -0.25) is 4.57 Å². The molecule has 1 aliphatic rings. The lowest BCUT2D eigenvalue weighted by Gasteiger charge is -2.28. The Kier molecular flexibility index (Phi) is 6.36. The van der Waals surface area contributed by atoms with Gasteiger partial charge in [0.05, 0.1) is 25.5 Å². The second-order valence-electron chi connectivity index (χ2n) is 6.88. The van der Waals surface area contributed by atoms with Crippen molar-refractivity contribution in [2.24, 2.45) is 0 Å². The molecule has 2 heterocycles. The molecule has 1 aromatic heterocycles. The summed E-state index contributed by atoms with van der Waals surface area (Å²) >= 11 is 1.68. The topological polar surface area (TPSA) is 52.4 Å². The molecule has 4 rings (SSSR count). The first-order chi connectivity index (χ1) is 14.3. The van der Waals surface area contributed by atoms with E-state index in [-0.39, 0.29) is 0 Å². The molecular formula is C22H26N4O2S. The molecule has 0 spiro atoms. The molecule has 0 saturated carbocycles. The van der Waals surface area contributed by atoms with Gasteiger partial charge in [0.1, 0.15) is 5.75 Å². The summed E-state index contributed by atoms with van der Waals surface area (Å²) in [4.78, 5) is 2.24. The number of hydrogen-bond donors (Lipinski definition) is 0. The van der Waals surface area contributed by atoms with E-state index < -0.39 is 0 Å². The van der Waals surface area contributed by atoms with Crippen molar-refractivity contribution < 1.29 is 9.47 Å². The number of benzene rings is 2. The minimum absolute atomic E-state index is 0.655. The van der Waals surface area contributed by atoms with E-state index in [4.69, 9.17) is 9.47 Å². The zero-order valence-electron chi connectivity index (χ0n) is 16.9. The number of hydrogen-bond acceptors (Lipinski definition) is 6. The predicted octanol–water partition coefficient (Wildman–Crippen LogP) is 4.10. The van der Waals surface area contributed by atoms with Gasteiger partial charge in [-0.2, -0.15) is 0 Å². The lowest BCUT2D eigenvalue weighted by molar-refractivity contribution is 0.122. The number of para-hydroxylation sites is 1. The van der Waals surface area contributed by atoms with E-state index in [0.717, 1.165) is 46.9 Å². The van der Waals surface area contributed by atoms with E-state index in [1.54, 1.807) is 11.8 Å². The molecule has 0 aliphatic carbocycles. The summed E-state index contributed by atoms with van der Waals surface area (Å²) in [5.74, 6) is 2.57. The number of nitrogens with zero attached hydrogens (tertiary/aromatic N) is 4. The van der Waals surface area contributed by atoms with Crippen LogP contribution in [0.2, 0.25) is 0 Å². The van der Waals surface area contributed by atoms with E-state index in [1.807, 2.05) is 25.1 Å². The number of rotatable bonds is 7. The van der Waals surface area contributed by atoms with Crippen molar-refractivity contribution in [1.29, 1.82) is 0 Å². The predicted molar refractivity (Wildman–Crippen MR) is 116 cm³/mol. The number of anilines is 1. The monoisotopic (exact) mass is 410 g/mol. The number of aromatic nitrogens is 3. The van der Waals surface area contributed by atoms with Gasteiger partial charge in [-0.25, -0.2) is 0 Å². The van der Waals surface area contributed by atoms with E-state index in [0.29, 0.717) is 19.8 Å². The second-order valence-corrected chi connectivity index (χ2v) is 7.82. The van der Waals surface area contributed by atoms with Crippen molar-refractivity contribution >= 4 is 17.7 Å². The molecule has 1 saturated heterocycles. The van der Waals surface area contributed by atoms with E-state index in [1.165, 1.54) is 5.56 Å². The van der Waals surface area contributed by atoms with E-state index in [9.17, 15) is 0 Å². The van der Waals surface area contributed by atoms with Gasteiger partial charge in [-0.1, -0.05) is 47.7 Å². The highest BCUT2D eigenvalue weighted by Crippen LogP contribution is 2.31. The van der Waals surface area contributed by atoms with Gasteiger partial charge in [-0.05, 0) is 32.0 Å². The van der Waals surface area contributed by atoms with Gasteiger partial charge in [0.15, 0.2) is 5.16 Å². The molecule has 6 nitrogen and oxygen atoms in total.